The second-order valence-electron chi connectivity index (χ2n) is 2.24. The Kier molecular flexibility index (Phi) is 1.42. The highest BCUT2D eigenvalue weighted by Crippen LogP contribution is 2.07. The van der Waals surface area contributed by atoms with E-state index in [4.69, 9.17) is 5.11 Å². The summed E-state index contributed by atoms with van der Waals surface area (Å²) in [5, 5.41) is 11.2. The molecule has 0 aromatic rings. The molecule has 1 atom stereocenters. The summed E-state index contributed by atoms with van der Waals surface area (Å²) >= 11 is 0. The quantitative estimate of drug-likeness (QED) is 0.528. The molecule has 0 amide bonds. The fraction of sp³-hybridized carbons (Fsp3) is 0.500. The van der Waals surface area contributed by atoms with E-state index in [0.717, 1.165) is 6.54 Å². The second kappa shape index (κ2) is 2.09. The maximum absolute atomic E-state index is 10.2. The molecule has 0 fully saturated rings. The van der Waals surface area contributed by atoms with Crippen LogP contribution in [-0.4, -0.2) is 17.6 Å². The first-order valence-corrected chi connectivity index (χ1v) is 2.89. The third-order valence-corrected chi connectivity index (χ3v) is 1.30. The van der Waals surface area contributed by atoms with Crippen molar-refractivity contribution in [1.82, 2.24) is 5.32 Å². The van der Waals surface area contributed by atoms with Crippen LogP contribution in [0.1, 0.15) is 6.92 Å². The van der Waals surface area contributed by atoms with Crippen LogP contribution in [0.25, 0.3) is 0 Å². The van der Waals surface area contributed by atoms with E-state index in [1.807, 2.05) is 6.92 Å². The average Bonchev–Trinajstić information content (AvgIpc) is 2.14. The summed E-state index contributed by atoms with van der Waals surface area (Å²) < 4.78 is 0. The maximum Gasteiger partial charge on any atom is 0.351 e. The number of hydrogen-bond acceptors (Lipinski definition) is 2. The third-order valence-electron chi connectivity index (χ3n) is 1.30. The molecule has 0 saturated heterocycles. The zero-order chi connectivity index (χ0) is 6.85. The lowest BCUT2D eigenvalue weighted by Crippen LogP contribution is -2.16. The van der Waals surface area contributed by atoms with Gasteiger partial charge in [0.05, 0.1) is 0 Å². The highest BCUT2D eigenvalue weighted by Gasteiger charge is 2.14. The Balaban J connectivity index is 2.62. The first-order valence-electron chi connectivity index (χ1n) is 2.89. The fourth-order valence-electron chi connectivity index (χ4n) is 0.820. The number of nitrogens with one attached hydrogen (secondary N) is 1. The number of aliphatic carboxylic acids is 1. The van der Waals surface area contributed by atoms with Crippen molar-refractivity contribution in [2.24, 2.45) is 5.92 Å². The fourth-order valence-corrected chi connectivity index (χ4v) is 0.820. The molecule has 0 saturated carbocycles. The molecule has 1 aliphatic heterocycles. The predicted octanol–water partition coefficient (Wildman–Crippen LogP) is 0.194. The summed E-state index contributed by atoms with van der Waals surface area (Å²) in [5.74, 6) is -0.504. The molecular weight excluding hydrogens is 118 g/mol. The van der Waals surface area contributed by atoms with Crippen LogP contribution < -0.4 is 5.32 Å². The van der Waals surface area contributed by atoms with Crippen LogP contribution in [0.3, 0.4) is 0 Å². The Morgan fingerprint density at radius 2 is 2.67 bits per heavy atom. The Bertz CT molecular complexity index is 162. The van der Waals surface area contributed by atoms with Crippen LogP contribution in [0.4, 0.5) is 0 Å². The first kappa shape index (κ1) is 6.13. The monoisotopic (exact) mass is 127 g/mol. The van der Waals surface area contributed by atoms with Crippen molar-refractivity contribution in [3.8, 4) is 0 Å². The average molecular weight is 127 g/mol. The Morgan fingerprint density at radius 1 is 2.00 bits per heavy atom. The summed E-state index contributed by atoms with van der Waals surface area (Å²) in [6.45, 7) is 2.73. The first-order chi connectivity index (χ1) is 4.20. The minimum Gasteiger partial charge on any atom is -0.477 e. The van der Waals surface area contributed by atoms with Crippen molar-refractivity contribution in [3.05, 3.63) is 11.8 Å². The zero-order valence-electron chi connectivity index (χ0n) is 5.22. The van der Waals surface area contributed by atoms with Crippen molar-refractivity contribution in [1.29, 1.82) is 0 Å². The molecule has 50 valence electrons. The van der Waals surface area contributed by atoms with Gasteiger partial charge in [-0.1, -0.05) is 6.92 Å². The molecule has 0 bridgehead atoms. The number of carboxylic acids is 1. The molecule has 0 spiro atoms. The summed E-state index contributed by atoms with van der Waals surface area (Å²) in [5.41, 5.74) is 0.336. The van der Waals surface area contributed by atoms with Crippen molar-refractivity contribution in [2.75, 3.05) is 6.54 Å². The zero-order valence-corrected chi connectivity index (χ0v) is 5.22. The molecule has 1 rings (SSSR count). The van der Waals surface area contributed by atoms with Crippen molar-refractivity contribution < 1.29 is 9.90 Å². The van der Waals surface area contributed by atoms with E-state index in [2.05, 4.69) is 5.32 Å². The van der Waals surface area contributed by atoms with Crippen LogP contribution in [0.15, 0.2) is 11.8 Å². The van der Waals surface area contributed by atoms with Crippen molar-refractivity contribution >= 4 is 5.97 Å². The summed E-state index contributed by atoms with van der Waals surface area (Å²) in [4.78, 5) is 10.2. The van der Waals surface area contributed by atoms with Crippen LogP contribution in [0.2, 0.25) is 0 Å². The van der Waals surface area contributed by atoms with E-state index >= 15 is 0 Å². The molecule has 2 N–H and O–H groups in total. The van der Waals surface area contributed by atoms with Crippen LogP contribution >= 0.6 is 0 Å². The highest BCUT2D eigenvalue weighted by molar-refractivity contribution is 5.86. The minimum absolute atomic E-state index is 0.336. The topological polar surface area (TPSA) is 49.3 Å². The van der Waals surface area contributed by atoms with Crippen LogP contribution in [-0.2, 0) is 4.79 Å². The molecule has 0 radical (unpaired) electrons. The Hall–Kier alpha value is -0.990. The van der Waals surface area contributed by atoms with Crippen LogP contribution in [0.5, 0.6) is 0 Å². The van der Waals surface area contributed by atoms with E-state index in [1.54, 1.807) is 6.08 Å². The summed E-state index contributed by atoms with van der Waals surface area (Å²) in [6.07, 6.45) is 1.72. The van der Waals surface area contributed by atoms with Gasteiger partial charge in [0.25, 0.3) is 0 Å². The van der Waals surface area contributed by atoms with Crippen LogP contribution in [0, 0.1) is 5.92 Å². The normalized spacial score (nSPS) is 25.0. The molecular formula is C6H9NO2. The molecule has 3 nitrogen and oxygen atoms in total. The SMILES string of the molecule is CC1C=C(C(=O)O)NC1. The van der Waals surface area contributed by atoms with Gasteiger partial charge in [-0.2, -0.15) is 0 Å². The van der Waals surface area contributed by atoms with Gasteiger partial charge in [0, 0.05) is 6.54 Å². The number of carboxylic acid groups (broad SMARTS) is 1. The Morgan fingerprint density at radius 3 is 2.89 bits per heavy atom. The van der Waals surface area contributed by atoms with E-state index in [0.29, 0.717) is 11.6 Å². The van der Waals surface area contributed by atoms with E-state index in [1.165, 1.54) is 0 Å². The standard InChI is InChI=1S/C6H9NO2/c1-4-2-5(6(8)9)7-3-4/h2,4,7H,3H2,1H3,(H,8,9). The molecule has 0 aromatic heterocycles. The number of rotatable bonds is 1. The van der Waals surface area contributed by atoms with E-state index in [-0.39, 0.29) is 0 Å². The molecule has 1 aliphatic rings. The van der Waals surface area contributed by atoms with E-state index in [9.17, 15) is 4.79 Å². The number of carbonyl (C=O) groups is 1. The molecule has 0 aromatic carbocycles. The van der Waals surface area contributed by atoms with Gasteiger partial charge in [-0.25, -0.2) is 4.79 Å². The minimum atomic E-state index is -0.862. The highest BCUT2D eigenvalue weighted by atomic mass is 16.4. The maximum atomic E-state index is 10.2. The van der Waals surface area contributed by atoms with E-state index < -0.39 is 5.97 Å². The lowest BCUT2D eigenvalue weighted by Gasteiger charge is -1.94. The predicted molar refractivity (Wildman–Crippen MR) is 32.9 cm³/mol. The second-order valence-corrected chi connectivity index (χ2v) is 2.24. The lowest BCUT2D eigenvalue weighted by atomic mass is 10.2. The molecule has 9 heavy (non-hydrogen) atoms. The van der Waals surface area contributed by atoms with Gasteiger partial charge in [0.1, 0.15) is 5.70 Å². The van der Waals surface area contributed by atoms with Gasteiger partial charge in [-0.3, -0.25) is 0 Å². The van der Waals surface area contributed by atoms with Gasteiger partial charge in [0.2, 0.25) is 0 Å². The molecule has 0 aliphatic carbocycles. The molecule has 1 heterocycles. The smallest absolute Gasteiger partial charge is 0.351 e. The van der Waals surface area contributed by atoms with Gasteiger partial charge in [-0.15, -0.1) is 0 Å². The number of hydrogen-bond donors (Lipinski definition) is 2. The largest absolute Gasteiger partial charge is 0.477 e. The van der Waals surface area contributed by atoms with Crippen molar-refractivity contribution in [3.63, 3.8) is 0 Å². The lowest BCUT2D eigenvalue weighted by molar-refractivity contribution is -0.132. The van der Waals surface area contributed by atoms with Crippen molar-refractivity contribution in [2.45, 2.75) is 6.92 Å². The summed E-state index contributed by atoms with van der Waals surface area (Å²) in [7, 11) is 0. The van der Waals surface area contributed by atoms with Gasteiger partial charge >= 0.3 is 5.97 Å². The Labute approximate surface area is 53.4 Å². The third kappa shape index (κ3) is 1.22. The van der Waals surface area contributed by atoms with Gasteiger partial charge in [0.15, 0.2) is 0 Å². The molecule has 3 heteroatoms. The van der Waals surface area contributed by atoms with Gasteiger partial charge in [-0.05, 0) is 12.0 Å². The van der Waals surface area contributed by atoms with Gasteiger partial charge < -0.3 is 10.4 Å². The summed E-state index contributed by atoms with van der Waals surface area (Å²) in [6, 6.07) is 0. The molecule has 1 unspecified atom stereocenters.